The maximum Gasteiger partial charge on any atom is 0.173 e. The number of Topliss-reactive ketones (excluding diaryl/α,β-unsaturated/α-hetero) is 1. The first kappa shape index (κ1) is 15.4. The van der Waals surface area contributed by atoms with Gasteiger partial charge in [-0.05, 0) is 29.7 Å². The van der Waals surface area contributed by atoms with E-state index in [9.17, 15) is 9.90 Å². The third-order valence-electron chi connectivity index (χ3n) is 3.67. The minimum Gasteiger partial charge on any atom is -0.511 e. The molecule has 1 aliphatic carbocycles. The van der Waals surface area contributed by atoms with Crippen LogP contribution in [-0.2, 0) is 4.79 Å². The van der Waals surface area contributed by atoms with Crippen molar-refractivity contribution in [2.24, 2.45) is 0 Å². The fourth-order valence-corrected chi connectivity index (χ4v) is 4.12. The van der Waals surface area contributed by atoms with Gasteiger partial charge in [0, 0.05) is 22.2 Å². The summed E-state index contributed by atoms with van der Waals surface area (Å²) in [6, 6.07) is 17.6. The average molecular weight is 375 g/mol. The molecular formula is C18H15BrO2S. The van der Waals surface area contributed by atoms with E-state index < -0.39 is 0 Å². The Balaban J connectivity index is 1.82. The fraction of sp³-hybridized carbons (Fsp3) is 0.167. The molecule has 112 valence electrons. The maximum atomic E-state index is 12.4. The highest BCUT2D eigenvalue weighted by Gasteiger charge is 2.29. The van der Waals surface area contributed by atoms with Gasteiger partial charge in [0.1, 0.15) is 5.76 Å². The Kier molecular flexibility index (Phi) is 4.69. The van der Waals surface area contributed by atoms with Crippen LogP contribution in [0.25, 0.3) is 0 Å². The normalized spacial score (nSPS) is 18.6. The van der Waals surface area contributed by atoms with Crippen LogP contribution in [0.15, 0.2) is 74.6 Å². The molecule has 1 N–H and O–H groups in total. The van der Waals surface area contributed by atoms with Crippen LogP contribution in [0.4, 0.5) is 0 Å². The first-order valence-electron chi connectivity index (χ1n) is 7.07. The molecule has 0 amide bonds. The highest BCUT2D eigenvalue weighted by Crippen LogP contribution is 2.40. The minimum absolute atomic E-state index is 0.0163. The summed E-state index contributed by atoms with van der Waals surface area (Å²) < 4.78 is 0.961. The lowest BCUT2D eigenvalue weighted by atomic mass is 9.86. The van der Waals surface area contributed by atoms with Gasteiger partial charge in [0.25, 0.3) is 0 Å². The summed E-state index contributed by atoms with van der Waals surface area (Å²) in [4.78, 5) is 13.9. The largest absolute Gasteiger partial charge is 0.511 e. The number of halogens is 1. The topological polar surface area (TPSA) is 37.3 Å². The van der Waals surface area contributed by atoms with Gasteiger partial charge < -0.3 is 5.11 Å². The van der Waals surface area contributed by atoms with Crippen molar-refractivity contribution in [3.63, 3.8) is 0 Å². The number of ketones is 1. The van der Waals surface area contributed by atoms with E-state index in [1.165, 1.54) is 11.8 Å². The maximum absolute atomic E-state index is 12.4. The van der Waals surface area contributed by atoms with E-state index in [0.29, 0.717) is 17.7 Å². The second kappa shape index (κ2) is 6.71. The minimum atomic E-state index is 0.0163. The van der Waals surface area contributed by atoms with E-state index >= 15 is 0 Å². The predicted molar refractivity (Wildman–Crippen MR) is 93.1 cm³/mol. The second-order valence-electron chi connectivity index (χ2n) is 5.27. The Morgan fingerprint density at radius 3 is 2.50 bits per heavy atom. The number of hydrogen-bond acceptors (Lipinski definition) is 3. The van der Waals surface area contributed by atoms with Crippen LogP contribution in [-0.4, -0.2) is 10.9 Å². The van der Waals surface area contributed by atoms with Gasteiger partial charge >= 0.3 is 0 Å². The van der Waals surface area contributed by atoms with E-state index in [1.54, 1.807) is 0 Å². The predicted octanol–water partition coefficient (Wildman–Crippen LogP) is 5.46. The fourth-order valence-electron chi connectivity index (χ4n) is 2.60. The number of benzene rings is 2. The molecule has 0 radical (unpaired) electrons. The Bertz CT molecular complexity index is 725. The van der Waals surface area contributed by atoms with Crippen LogP contribution in [0.3, 0.4) is 0 Å². The molecule has 0 saturated heterocycles. The van der Waals surface area contributed by atoms with Gasteiger partial charge in [-0.3, -0.25) is 4.79 Å². The zero-order chi connectivity index (χ0) is 15.5. The molecule has 2 aromatic carbocycles. The molecule has 22 heavy (non-hydrogen) atoms. The van der Waals surface area contributed by atoms with Gasteiger partial charge in [-0.15, -0.1) is 0 Å². The SMILES string of the molecule is O=C1CC(c2ccccc2)CC(O)=C1Sc1cccc(Br)c1. The molecule has 4 heteroatoms. The van der Waals surface area contributed by atoms with Crippen molar-refractivity contribution < 1.29 is 9.90 Å². The van der Waals surface area contributed by atoms with Crippen LogP contribution in [0.5, 0.6) is 0 Å². The van der Waals surface area contributed by atoms with Crippen molar-refractivity contribution in [1.82, 2.24) is 0 Å². The number of allylic oxidation sites excluding steroid dienone is 2. The number of rotatable bonds is 3. The Labute approximate surface area is 142 Å². The summed E-state index contributed by atoms with van der Waals surface area (Å²) in [6.07, 6.45) is 0.969. The molecule has 0 fully saturated rings. The average Bonchev–Trinajstić information content (AvgIpc) is 2.52. The molecule has 2 aromatic rings. The van der Waals surface area contributed by atoms with E-state index in [4.69, 9.17) is 0 Å². The molecule has 1 aliphatic rings. The lowest BCUT2D eigenvalue weighted by Crippen LogP contribution is -2.17. The molecule has 0 heterocycles. The molecule has 0 spiro atoms. The molecule has 0 aromatic heterocycles. The Morgan fingerprint density at radius 2 is 1.82 bits per heavy atom. The van der Waals surface area contributed by atoms with Crippen molar-refractivity contribution in [3.05, 3.63) is 75.3 Å². The second-order valence-corrected chi connectivity index (χ2v) is 7.27. The van der Waals surface area contributed by atoms with Gasteiger partial charge in [-0.1, -0.05) is 64.1 Å². The lowest BCUT2D eigenvalue weighted by Gasteiger charge is -2.23. The van der Waals surface area contributed by atoms with Crippen molar-refractivity contribution in [1.29, 1.82) is 0 Å². The van der Waals surface area contributed by atoms with E-state index in [2.05, 4.69) is 15.9 Å². The van der Waals surface area contributed by atoms with E-state index in [0.717, 1.165) is 14.9 Å². The highest BCUT2D eigenvalue weighted by atomic mass is 79.9. The van der Waals surface area contributed by atoms with Crippen molar-refractivity contribution in [2.45, 2.75) is 23.7 Å². The Morgan fingerprint density at radius 1 is 1.05 bits per heavy atom. The summed E-state index contributed by atoms with van der Waals surface area (Å²) >= 11 is 4.76. The summed E-state index contributed by atoms with van der Waals surface area (Å²) in [5, 5.41) is 10.3. The molecule has 2 nitrogen and oxygen atoms in total. The molecule has 3 rings (SSSR count). The van der Waals surface area contributed by atoms with Gasteiger partial charge in [0.05, 0.1) is 4.91 Å². The molecule has 0 bridgehead atoms. The highest BCUT2D eigenvalue weighted by molar-refractivity contribution is 9.10. The first-order valence-corrected chi connectivity index (χ1v) is 8.68. The smallest absolute Gasteiger partial charge is 0.173 e. The number of carbonyl (C=O) groups is 1. The number of aliphatic hydroxyl groups is 1. The summed E-state index contributed by atoms with van der Waals surface area (Å²) in [7, 11) is 0. The van der Waals surface area contributed by atoms with Crippen LogP contribution >= 0.6 is 27.7 Å². The van der Waals surface area contributed by atoms with Gasteiger partial charge in [0.2, 0.25) is 0 Å². The van der Waals surface area contributed by atoms with E-state index in [1.807, 2.05) is 54.6 Å². The monoisotopic (exact) mass is 374 g/mol. The third kappa shape index (κ3) is 3.45. The number of carbonyl (C=O) groups excluding carboxylic acids is 1. The quantitative estimate of drug-likeness (QED) is 0.774. The Hall–Kier alpha value is -1.52. The van der Waals surface area contributed by atoms with Crippen LogP contribution < -0.4 is 0 Å². The molecule has 0 aliphatic heterocycles. The van der Waals surface area contributed by atoms with Gasteiger partial charge in [-0.25, -0.2) is 0 Å². The summed E-state index contributed by atoms with van der Waals surface area (Å²) in [6.45, 7) is 0. The van der Waals surface area contributed by atoms with Crippen molar-refractivity contribution in [3.8, 4) is 0 Å². The lowest BCUT2D eigenvalue weighted by molar-refractivity contribution is -0.115. The molecule has 1 atom stereocenters. The van der Waals surface area contributed by atoms with Gasteiger partial charge in [-0.2, -0.15) is 0 Å². The summed E-state index contributed by atoms with van der Waals surface area (Å²) in [5.41, 5.74) is 1.11. The molecular weight excluding hydrogens is 360 g/mol. The zero-order valence-electron chi connectivity index (χ0n) is 11.8. The number of thioether (sulfide) groups is 1. The van der Waals surface area contributed by atoms with E-state index in [-0.39, 0.29) is 17.5 Å². The van der Waals surface area contributed by atoms with Crippen LogP contribution in [0.1, 0.15) is 24.3 Å². The standard InChI is InChI=1S/C18H15BrO2S/c19-14-7-4-8-15(11-14)22-18-16(20)9-13(10-17(18)21)12-5-2-1-3-6-12/h1-8,11,13,20H,9-10H2. The number of aliphatic hydroxyl groups excluding tert-OH is 1. The van der Waals surface area contributed by atoms with Crippen LogP contribution in [0.2, 0.25) is 0 Å². The zero-order valence-corrected chi connectivity index (χ0v) is 14.2. The molecule has 0 saturated carbocycles. The third-order valence-corrected chi connectivity index (χ3v) is 5.32. The first-order chi connectivity index (χ1) is 10.6. The number of hydrogen-bond donors (Lipinski definition) is 1. The van der Waals surface area contributed by atoms with Crippen molar-refractivity contribution in [2.75, 3.05) is 0 Å². The van der Waals surface area contributed by atoms with Gasteiger partial charge in [0.15, 0.2) is 5.78 Å². The van der Waals surface area contributed by atoms with Crippen LogP contribution in [0, 0.1) is 0 Å². The van der Waals surface area contributed by atoms with Crippen molar-refractivity contribution >= 4 is 33.5 Å². The summed E-state index contributed by atoms with van der Waals surface area (Å²) in [5.74, 6) is 0.290. The molecule has 1 unspecified atom stereocenters.